The van der Waals surface area contributed by atoms with E-state index in [1.165, 1.54) is 7.69 Å². The van der Waals surface area contributed by atoms with Crippen LogP contribution in [0.25, 0.3) is 0 Å². The molecule has 0 atom stereocenters. The molecule has 0 aliphatic carbocycles. The molecule has 1 aliphatic rings. The van der Waals surface area contributed by atoms with Crippen LogP contribution in [0.15, 0.2) is 0 Å². The van der Waals surface area contributed by atoms with Gasteiger partial charge in [0.05, 0.1) is 0 Å². The van der Waals surface area contributed by atoms with E-state index in [9.17, 15) is 0 Å². The van der Waals surface area contributed by atoms with Crippen molar-refractivity contribution in [3.8, 4) is 0 Å². The second kappa shape index (κ2) is 2.21. The molecule has 1 aliphatic heterocycles. The molecule has 0 unspecified atom stereocenters. The molecule has 0 saturated carbocycles. The normalized spacial score (nSPS) is 22.7. The summed E-state index contributed by atoms with van der Waals surface area (Å²) >= 11 is 0. The zero-order chi connectivity index (χ0) is 4.24. The predicted octanol–water partition coefficient (Wildman–Crippen LogP) is -0.228. The van der Waals surface area contributed by atoms with Crippen LogP contribution in [-0.4, -0.2) is 20.9 Å². The van der Waals surface area contributed by atoms with Gasteiger partial charge in [-0.15, -0.1) is 0 Å². The molecule has 1 rings (SSSR count). The van der Waals surface area contributed by atoms with Crippen molar-refractivity contribution in [2.75, 3.05) is 13.2 Å². The van der Waals surface area contributed by atoms with Gasteiger partial charge in [-0.05, 0) is 0 Å². The molecule has 1 fully saturated rings. The minimum absolute atomic E-state index is 0.694. The lowest BCUT2D eigenvalue weighted by molar-refractivity contribution is 0.199. The van der Waals surface area contributed by atoms with Gasteiger partial charge >= 0.3 is 7.69 Å². The Kier molecular flexibility index (Phi) is 1.53. The van der Waals surface area contributed by atoms with Crippen molar-refractivity contribution < 1.29 is 9.31 Å². The van der Waals surface area contributed by atoms with Crippen LogP contribution in [0, 0.1) is 6.42 Å². The van der Waals surface area contributed by atoms with Crippen LogP contribution in [0.5, 0.6) is 0 Å². The molecule has 0 aromatic rings. The number of rotatable bonds is 0. The quantitative estimate of drug-likeness (QED) is 0.377. The fourth-order valence-corrected chi connectivity index (χ4v) is 0.311. The van der Waals surface area contributed by atoms with Gasteiger partial charge < -0.3 is 9.31 Å². The van der Waals surface area contributed by atoms with Crippen molar-refractivity contribution in [1.29, 1.82) is 0 Å². The molecule has 0 aromatic carbocycles. The smallest absolute Gasteiger partial charge is 0.413 e. The molecule has 3 heteroatoms. The monoisotopic (exact) mass is 84.0 g/mol. The molecule has 0 N–H and O–H groups in total. The summed E-state index contributed by atoms with van der Waals surface area (Å²) in [4.78, 5) is 0. The van der Waals surface area contributed by atoms with E-state index in [1.54, 1.807) is 0 Å². The van der Waals surface area contributed by atoms with Crippen LogP contribution >= 0.6 is 0 Å². The second-order valence-corrected chi connectivity index (χ2v) is 1.05. The van der Waals surface area contributed by atoms with Crippen LogP contribution in [0.3, 0.4) is 0 Å². The van der Waals surface area contributed by atoms with Gasteiger partial charge in [0, 0.05) is 19.6 Å². The standard InChI is InChI=1S/C3H5BO2/c1-2-5-4-6-3-1/h1H,2-3H2. The van der Waals surface area contributed by atoms with Crippen molar-refractivity contribution in [2.24, 2.45) is 0 Å². The Labute approximate surface area is 37.7 Å². The van der Waals surface area contributed by atoms with Gasteiger partial charge in [0.25, 0.3) is 0 Å². The minimum atomic E-state index is 0.694. The summed E-state index contributed by atoms with van der Waals surface area (Å²) in [7, 11) is 1.36. The fraction of sp³-hybridized carbons (Fsp3) is 0.667. The predicted molar refractivity (Wildman–Crippen MR) is 22.0 cm³/mol. The summed E-state index contributed by atoms with van der Waals surface area (Å²) < 4.78 is 9.33. The van der Waals surface area contributed by atoms with Crippen molar-refractivity contribution in [3.63, 3.8) is 0 Å². The van der Waals surface area contributed by atoms with Gasteiger partial charge in [-0.1, -0.05) is 0 Å². The molecule has 1 heterocycles. The van der Waals surface area contributed by atoms with Crippen molar-refractivity contribution >= 4 is 7.69 Å². The fourth-order valence-electron chi connectivity index (χ4n) is 0.311. The third-order valence-corrected chi connectivity index (χ3v) is 0.564. The highest BCUT2D eigenvalue weighted by Crippen LogP contribution is 1.87. The van der Waals surface area contributed by atoms with E-state index in [-0.39, 0.29) is 0 Å². The highest BCUT2D eigenvalue weighted by Gasteiger charge is 1.99. The zero-order valence-electron chi connectivity index (χ0n) is 3.39. The van der Waals surface area contributed by atoms with E-state index in [2.05, 4.69) is 9.31 Å². The average Bonchev–Trinajstić information content (AvgIpc) is 1.72. The van der Waals surface area contributed by atoms with E-state index in [0.29, 0.717) is 13.2 Å². The molecule has 0 amide bonds. The van der Waals surface area contributed by atoms with E-state index in [0.717, 1.165) is 0 Å². The van der Waals surface area contributed by atoms with Gasteiger partial charge in [-0.25, -0.2) is 0 Å². The summed E-state index contributed by atoms with van der Waals surface area (Å²) in [5.74, 6) is 0. The van der Waals surface area contributed by atoms with Crippen molar-refractivity contribution in [3.05, 3.63) is 6.42 Å². The molecular weight excluding hydrogens is 78.8 g/mol. The Balaban J connectivity index is 2.00. The minimum Gasteiger partial charge on any atom is -0.413 e. The summed E-state index contributed by atoms with van der Waals surface area (Å²) in [6, 6.07) is 0. The first-order valence-corrected chi connectivity index (χ1v) is 1.87. The largest absolute Gasteiger partial charge is 0.488 e. The van der Waals surface area contributed by atoms with E-state index in [4.69, 9.17) is 0 Å². The Morgan fingerprint density at radius 3 is 2.17 bits per heavy atom. The van der Waals surface area contributed by atoms with Crippen molar-refractivity contribution in [2.45, 2.75) is 0 Å². The Morgan fingerprint density at radius 1 is 1.33 bits per heavy atom. The Hall–Kier alpha value is -0.0151. The first kappa shape index (κ1) is 4.15. The van der Waals surface area contributed by atoms with E-state index >= 15 is 0 Å². The lowest BCUT2D eigenvalue weighted by Gasteiger charge is -2.07. The third kappa shape index (κ3) is 0.991. The highest BCUT2D eigenvalue weighted by atomic mass is 16.6. The van der Waals surface area contributed by atoms with Gasteiger partial charge in [0.2, 0.25) is 0 Å². The molecule has 6 heavy (non-hydrogen) atoms. The first-order chi connectivity index (χ1) is 3.00. The van der Waals surface area contributed by atoms with E-state index < -0.39 is 0 Å². The van der Waals surface area contributed by atoms with E-state index in [1.807, 2.05) is 6.42 Å². The molecule has 32 valence electrons. The molecule has 2 radical (unpaired) electrons. The van der Waals surface area contributed by atoms with Crippen LogP contribution in [0.4, 0.5) is 0 Å². The highest BCUT2D eigenvalue weighted by molar-refractivity contribution is 6.18. The molecular formula is C3H5BO2. The summed E-state index contributed by atoms with van der Waals surface area (Å²) in [6.45, 7) is 1.39. The SMILES string of the molecule is [B]1OC[CH]CO1. The Bertz CT molecular complexity index is 24.3. The number of hydrogen-bond acceptors (Lipinski definition) is 2. The number of hydrogen-bond donors (Lipinski definition) is 0. The summed E-state index contributed by atoms with van der Waals surface area (Å²) in [5.41, 5.74) is 0. The summed E-state index contributed by atoms with van der Waals surface area (Å²) in [5, 5.41) is 0. The lowest BCUT2D eigenvalue weighted by atomic mass is 10.3. The summed E-state index contributed by atoms with van der Waals surface area (Å²) in [6.07, 6.45) is 1.92. The van der Waals surface area contributed by atoms with Gasteiger partial charge in [0.15, 0.2) is 0 Å². The molecule has 0 aromatic heterocycles. The third-order valence-electron chi connectivity index (χ3n) is 0.564. The molecule has 0 bridgehead atoms. The zero-order valence-corrected chi connectivity index (χ0v) is 3.39. The van der Waals surface area contributed by atoms with Crippen LogP contribution in [0.2, 0.25) is 0 Å². The van der Waals surface area contributed by atoms with Gasteiger partial charge in [0.1, 0.15) is 0 Å². The molecule has 2 nitrogen and oxygen atoms in total. The topological polar surface area (TPSA) is 18.5 Å². The lowest BCUT2D eigenvalue weighted by Crippen LogP contribution is -2.15. The maximum Gasteiger partial charge on any atom is 0.488 e. The van der Waals surface area contributed by atoms with Gasteiger partial charge in [-0.3, -0.25) is 0 Å². The first-order valence-electron chi connectivity index (χ1n) is 1.87. The maximum absolute atomic E-state index is 4.67. The van der Waals surface area contributed by atoms with Gasteiger partial charge in [-0.2, -0.15) is 0 Å². The molecule has 0 spiro atoms. The van der Waals surface area contributed by atoms with Crippen molar-refractivity contribution in [1.82, 2.24) is 0 Å². The second-order valence-electron chi connectivity index (χ2n) is 1.05. The van der Waals surface area contributed by atoms with Crippen LogP contribution < -0.4 is 0 Å². The van der Waals surface area contributed by atoms with Crippen LogP contribution in [0.1, 0.15) is 0 Å². The van der Waals surface area contributed by atoms with Crippen LogP contribution in [-0.2, 0) is 9.31 Å². The average molecular weight is 83.9 g/mol. The maximum atomic E-state index is 4.67. The Morgan fingerprint density at radius 2 is 2.00 bits per heavy atom. The molecule has 1 saturated heterocycles.